The fraction of sp³-hybridized carbons (Fsp3) is 0.833. The van der Waals surface area contributed by atoms with E-state index in [1.54, 1.807) is 0 Å². The molecule has 0 bridgehead atoms. The number of carbonyl (C=O) groups excluding carboxylic acids is 3. The normalized spacial score (nSPS) is 12.6. The molecule has 0 rings (SSSR count). The van der Waals surface area contributed by atoms with Crippen molar-refractivity contribution in [1.29, 1.82) is 0 Å². The van der Waals surface area contributed by atoms with Gasteiger partial charge in [-0.15, -0.1) is 0 Å². The first kappa shape index (κ1) is 36.3. The molecule has 10 nitrogen and oxygen atoms in total. The van der Waals surface area contributed by atoms with Crippen molar-refractivity contribution >= 4 is 45.3 Å². The highest BCUT2D eigenvalue weighted by atomic mass is 32.2. The number of hydrogen-bond acceptors (Lipinski definition) is 7. The number of thioether (sulfide) groups is 1. The van der Waals surface area contributed by atoms with Crippen molar-refractivity contribution in [2.45, 2.75) is 80.7 Å². The zero-order chi connectivity index (χ0) is 28.6. The van der Waals surface area contributed by atoms with Gasteiger partial charge in [0.2, 0.25) is 17.7 Å². The Kier molecular flexibility index (Phi) is 17.8. The van der Waals surface area contributed by atoms with Crippen LogP contribution < -0.4 is 16.0 Å². The maximum absolute atomic E-state index is 12.6. The molecule has 0 spiro atoms. The monoisotopic (exact) mass is 553 g/mol. The van der Waals surface area contributed by atoms with Gasteiger partial charge in [-0.05, 0) is 16.6 Å². The first-order valence-electron chi connectivity index (χ1n) is 12.2. The average Bonchev–Trinajstić information content (AvgIpc) is 2.70. The molecule has 212 valence electrons. The summed E-state index contributed by atoms with van der Waals surface area (Å²) in [4.78, 5) is 47.1. The van der Waals surface area contributed by atoms with Crippen LogP contribution in [0.3, 0.4) is 0 Å². The number of carboxylic acids is 1. The molecule has 0 aromatic carbocycles. The SMILES string of the molecule is CC.CC(C)(C)CSC[C@H](NC(=O)CCC(=O)O)C(=O)NCCS(=O)(=O)CCNC(=O)CC(C)(C)C. The zero-order valence-corrected chi connectivity index (χ0v) is 24.8. The van der Waals surface area contributed by atoms with Crippen molar-refractivity contribution < 1.29 is 32.7 Å². The van der Waals surface area contributed by atoms with Crippen molar-refractivity contribution in [3.8, 4) is 0 Å². The lowest BCUT2D eigenvalue weighted by atomic mass is 9.92. The van der Waals surface area contributed by atoms with E-state index in [2.05, 4.69) is 16.0 Å². The average molecular weight is 554 g/mol. The summed E-state index contributed by atoms with van der Waals surface area (Å²) in [6, 6.07) is -0.909. The molecule has 0 saturated carbocycles. The highest BCUT2D eigenvalue weighted by Gasteiger charge is 2.23. The van der Waals surface area contributed by atoms with Crippen LogP contribution in [0, 0.1) is 10.8 Å². The van der Waals surface area contributed by atoms with Gasteiger partial charge in [0.15, 0.2) is 9.84 Å². The Labute approximate surface area is 221 Å². The predicted molar refractivity (Wildman–Crippen MR) is 146 cm³/mol. The quantitative estimate of drug-likeness (QED) is 0.240. The number of rotatable bonds is 15. The molecule has 12 heteroatoms. The largest absolute Gasteiger partial charge is 0.481 e. The second-order valence-corrected chi connectivity index (χ2v) is 14.0. The van der Waals surface area contributed by atoms with Crippen molar-refractivity contribution in [2.24, 2.45) is 10.8 Å². The van der Waals surface area contributed by atoms with Crippen LogP contribution in [0.1, 0.15) is 74.7 Å². The van der Waals surface area contributed by atoms with Crippen molar-refractivity contribution in [3.05, 3.63) is 0 Å². The fourth-order valence-corrected chi connectivity index (χ4v) is 4.83. The molecular formula is C24H47N3O7S2. The van der Waals surface area contributed by atoms with Gasteiger partial charge in [-0.25, -0.2) is 8.42 Å². The van der Waals surface area contributed by atoms with Gasteiger partial charge in [0, 0.05) is 31.7 Å². The first-order valence-corrected chi connectivity index (χ1v) is 15.2. The standard InChI is InChI=1S/C22H41N3O7S2.C2H6/c1-21(2,3)13-18(27)23-9-11-34(31,32)12-10-24-20(30)16(14-33-15-22(4,5)6)25-17(26)7-8-19(28)29;1-2/h16H,7-15H2,1-6H3,(H,23,27)(H,24,30)(H,25,26)(H,28,29);1-2H3/t16-;/m0./s1. The second-order valence-electron chi connectivity index (χ2n) is 10.6. The van der Waals surface area contributed by atoms with E-state index in [1.807, 2.05) is 55.4 Å². The van der Waals surface area contributed by atoms with Crippen LogP contribution >= 0.6 is 11.8 Å². The Hall–Kier alpha value is -1.82. The topological polar surface area (TPSA) is 159 Å². The molecule has 0 aromatic rings. The van der Waals surface area contributed by atoms with Crippen LogP contribution in [0.5, 0.6) is 0 Å². The zero-order valence-electron chi connectivity index (χ0n) is 23.2. The Balaban J connectivity index is 0. The van der Waals surface area contributed by atoms with Gasteiger partial charge in [0.25, 0.3) is 0 Å². The maximum atomic E-state index is 12.6. The van der Waals surface area contributed by atoms with Gasteiger partial charge in [-0.1, -0.05) is 55.4 Å². The van der Waals surface area contributed by atoms with Gasteiger partial charge in [0.05, 0.1) is 17.9 Å². The minimum atomic E-state index is -3.51. The molecule has 0 radical (unpaired) electrons. The summed E-state index contributed by atoms with van der Waals surface area (Å²) in [6.07, 6.45) is -0.311. The molecule has 0 saturated heterocycles. The number of hydrogen-bond donors (Lipinski definition) is 4. The third kappa shape index (κ3) is 22.6. The summed E-state index contributed by atoms with van der Waals surface area (Å²) in [5, 5.41) is 16.4. The highest BCUT2D eigenvalue weighted by molar-refractivity contribution is 7.99. The summed E-state index contributed by atoms with van der Waals surface area (Å²) in [5.41, 5.74) is -0.187. The Bertz CT molecular complexity index is 802. The molecule has 0 aliphatic rings. The van der Waals surface area contributed by atoms with Crippen LogP contribution in [0.25, 0.3) is 0 Å². The van der Waals surface area contributed by atoms with Gasteiger partial charge < -0.3 is 21.1 Å². The van der Waals surface area contributed by atoms with Crippen LogP contribution in [0.15, 0.2) is 0 Å². The predicted octanol–water partition coefficient (Wildman–Crippen LogP) is 2.22. The van der Waals surface area contributed by atoms with E-state index in [-0.39, 0.29) is 66.3 Å². The molecule has 0 aliphatic heterocycles. The van der Waals surface area contributed by atoms with Gasteiger partial charge >= 0.3 is 5.97 Å². The van der Waals surface area contributed by atoms with E-state index >= 15 is 0 Å². The maximum Gasteiger partial charge on any atom is 0.303 e. The van der Waals surface area contributed by atoms with E-state index in [1.165, 1.54) is 11.8 Å². The first-order chi connectivity index (χ1) is 16.4. The summed E-state index contributed by atoms with van der Waals surface area (Å²) >= 11 is 1.47. The molecule has 0 heterocycles. The van der Waals surface area contributed by atoms with E-state index in [0.717, 1.165) is 5.75 Å². The Morgan fingerprint density at radius 3 is 1.83 bits per heavy atom. The molecule has 4 N–H and O–H groups in total. The molecule has 0 aliphatic carbocycles. The second kappa shape index (κ2) is 17.6. The Morgan fingerprint density at radius 2 is 1.36 bits per heavy atom. The van der Waals surface area contributed by atoms with Crippen molar-refractivity contribution in [2.75, 3.05) is 36.1 Å². The van der Waals surface area contributed by atoms with Crippen molar-refractivity contribution in [1.82, 2.24) is 16.0 Å². The van der Waals surface area contributed by atoms with Crippen LogP contribution in [0.2, 0.25) is 0 Å². The number of nitrogens with one attached hydrogen (secondary N) is 3. The minimum absolute atomic E-state index is 0.00308. The van der Waals surface area contributed by atoms with Gasteiger partial charge in [-0.3, -0.25) is 19.2 Å². The Morgan fingerprint density at radius 1 is 0.833 bits per heavy atom. The molecule has 3 amide bonds. The molecule has 0 fully saturated rings. The molecule has 0 aromatic heterocycles. The summed E-state index contributed by atoms with van der Waals surface area (Å²) in [5.74, 6) is -1.95. The smallest absolute Gasteiger partial charge is 0.303 e. The van der Waals surface area contributed by atoms with Crippen LogP contribution in [-0.2, 0) is 29.0 Å². The van der Waals surface area contributed by atoms with Crippen LogP contribution in [0.4, 0.5) is 0 Å². The highest BCUT2D eigenvalue weighted by Crippen LogP contribution is 2.21. The lowest BCUT2D eigenvalue weighted by Crippen LogP contribution is -2.49. The van der Waals surface area contributed by atoms with Gasteiger partial charge in [-0.2, -0.15) is 11.8 Å². The van der Waals surface area contributed by atoms with Crippen molar-refractivity contribution in [3.63, 3.8) is 0 Å². The molecule has 36 heavy (non-hydrogen) atoms. The molecule has 1 atom stereocenters. The van der Waals surface area contributed by atoms with Gasteiger partial charge in [0.1, 0.15) is 6.04 Å². The lowest BCUT2D eigenvalue weighted by Gasteiger charge is -2.21. The van der Waals surface area contributed by atoms with E-state index in [9.17, 15) is 27.6 Å². The van der Waals surface area contributed by atoms with Crippen LogP contribution in [-0.4, -0.2) is 79.4 Å². The van der Waals surface area contributed by atoms with E-state index < -0.39 is 33.7 Å². The minimum Gasteiger partial charge on any atom is -0.481 e. The summed E-state index contributed by atoms with van der Waals surface area (Å²) < 4.78 is 24.5. The fourth-order valence-electron chi connectivity index (χ4n) is 2.60. The summed E-state index contributed by atoms with van der Waals surface area (Å²) in [6.45, 7) is 15.7. The third-order valence-corrected chi connectivity index (χ3v) is 7.47. The number of carboxylic acid groups (broad SMARTS) is 1. The number of amides is 3. The number of aliphatic carboxylic acids is 1. The van der Waals surface area contributed by atoms with E-state index in [0.29, 0.717) is 0 Å². The van der Waals surface area contributed by atoms with E-state index in [4.69, 9.17) is 5.11 Å². The number of sulfone groups is 1. The third-order valence-electron chi connectivity index (χ3n) is 4.18. The molecule has 0 unspecified atom stereocenters. The number of carbonyl (C=O) groups is 4. The summed E-state index contributed by atoms with van der Waals surface area (Å²) in [7, 11) is -3.51. The lowest BCUT2D eigenvalue weighted by molar-refractivity contribution is -0.139. The molecular weight excluding hydrogens is 506 g/mol.